The number of nitrogen functional groups attached to an aromatic ring is 1. The van der Waals surface area contributed by atoms with Crippen molar-refractivity contribution < 1.29 is 0 Å². The van der Waals surface area contributed by atoms with E-state index >= 15 is 0 Å². The minimum absolute atomic E-state index is 0.554. The number of anilines is 1. The molecule has 1 atom stereocenters. The van der Waals surface area contributed by atoms with Gasteiger partial charge >= 0.3 is 0 Å². The number of rotatable bonds is 3. The van der Waals surface area contributed by atoms with Crippen LogP contribution in [0.15, 0.2) is 24.3 Å². The van der Waals surface area contributed by atoms with Crippen LogP contribution in [0.5, 0.6) is 0 Å². The van der Waals surface area contributed by atoms with Gasteiger partial charge in [0.25, 0.3) is 0 Å². The maximum absolute atomic E-state index is 5.80. The maximum atomic E-state index is 5.80. The zero-order chi connectivity index (χ0) is 10.1. The molecule has 2 nitrogen and oxygen atoms in total. The third kappa shape index (κ3) is 1.90. The van der Waals surface area contributed by atoms with E-state index in [0.717, 1.165) is 11.6 Å². The van der Waals surface area contributed by atoms with Crippen molar-refractivity contribution in [2.24, 2.45) is 5.92 Å². The monoisotopic (exact) mass is 190 g/mol. The molecule has 1 aromatic carbocycles. The lowest BCUT2D eigenvalue weighted by atomic mass is 10.0. The van der Waals surface area contributed by atoms with Crippen LogP contribution in [0, 0.1) is 5.92 Å². The lowest BCUT2D eigenvalue weighted by Crippen LogP contribution is -2.21. The van der Waals surface area contributed by atoms with Gasteiger partial charge in [0.1, 0.15) is 0 Å². The fourth-order valence-corrected chi connectivity index (χ4v) is 2.15. The molecule has 1 aromatic rings. The molecule has 0 spiro atoms. The van der Waals surface area contributed by atoms with Crippen molar-refractivity contribution in [2.75, 3.05) is 19.8 Å². The molecule has 0 radical (unpaired) electrons. The van der Waals surface area contributed by atoms with Crippen molar-refractivity contribution in [3.63, 3.8) is 0 Å². The van der Waals surface area contributed by atoms with Gasteiger partial charge < -0.3 is 10.6 Å². The van der Waals surface area contributed by atoms with Gasteiger partial charge in [-0.1, -0.05) is 12.1 Å². The van der Waals surface area contributed by atoms with Crippen LogP contribution in [0.1, 0.15) is 24.4 Å². The summed E-state index contributed by atoms with van der Waals surface area (Å²) in [6.45, 7) is 0. The lowest BCUT2D eigenvalue weighted by Gasteiger charge is -2.24. The minimum Gasteiger partial charge on any atom is -0.399 e. The zero-order valence-corrected chi connectivity index (χ0v) is 8.90. The van der Waals surface area contributed by atoms with Crippen molar-refractivity contribution in [2.45, 2.75) is 18.9 Å². The molecule has 0 amide bonds. The van der Waals surface area contributed by atoms with Gasteiger partial charge in [-0.05, 0) is 50.6 Å². The predicted molar refractivity (Wildman–Crippen MR) is 60.0 cm³/mol. The molecule has 14 heavy (non-hydrogen) atoms. The number of hydrogen-bond donors (Lipinski definition) is 1. The summed E-state index contributed by atoms with van der Waals surface area (Å²) in [6.07, 6.45) is 2.72. The van der Waals surface area contributed by atoms with Crippen LogP contribution in [-0.4, -0.2) is 19.0 Å². The van der Waals surface area contributed by atoms with Crippen LogP contribution in [0.4, 0.5) is 5.69 Å². The van der Waals surface area contributed by atoms with E-state index in [0.29, 0.717) is 6.04 Å². The Morgan fingerprint density at radius 3 is 2.57 bits per heavy atom. The number of benzene rings is 1. The first-order valence-corrected chi connectivity index (χ1v) is 5.20. The largest absolute Gasteiger partial charge is 0.399 e. The lowest BCUT2D eigenvalue weighted by molar-refractivity contribution is 0.269. The van der Waals surface area contributed by atoms with Crippen LogP contribution in [0.2, 0.25) is 0 Å². The Kier molecular flexibility index (Phi) is 2.46. The first-order chi connectivity index (χ1) is 6.68. The second-order valence-corrected chi connectivity index (χ2v) is 4.42. The summed E-state index contributed by atoms with van der Waals surface area (Å²) in [5.74, 6) is 0.840. The van der Waals surface area contributed by atoms with Gasteiger partial charge in [-0.2, -0.15) is 0 Å². The Bertz CT molecular complexity index is 314. The SMILES string of the molecule is CN(C)C(c1cccc(N)c1)C1CC1. The highest BCUT2D eigenvalue weighted by molar-refractivity contribution is 5.42. The highest BCUT2D eigenvalue weighted by Crippen LogP contribution is 2.43. The first-order valence-electron chi connectivity index (χ1n) is 5.20. The normalized spacial score (nSPS) is 18.5. The molecule has 0 heterocycles. The fourth-order valence-electron chi connectivity index (χ4n) is 2.15. The second kappa shape index (κ2) is 3.62. The van der Waals surface area contributed by atoms with Gasteiger partial charge in [0.05, 0.1) is 0 Å². The topological polar surface area (TPSA) is 29.3 Å². The van der Waals surface area contributed by atoms with Crippen molar-refractivity contribution >= 4 is 5.69 Å². The highest BCUT2D eigenvalue weighted by atomic mass is 15.1. The molecular formula is C12H18N2. The third-order valence-electron chi connectivity index (χ3n) is 2.88. The van der Waals surface area contributed by atoms with Crippen LogP contribution in [-0.2, 0) is 0 Å². The number of hydrogen-bond acceptors (Lipinski definition) is 2. The Morgan fingerprint density at radius 2 is 2.07 bits per heavy atom. The van der Waals surface area contributed by atoms with Crippen molar-refractivity contribution in [1.29, 1.82) is 0 Å². The molecule has 0 aromatic heterocycles. The smallest absolute Gasteiger partial charge is 0.0370 e. The summed E-state index contributed by atoms with van der Waals surface area (Å²) in [6, 6.07) is 8.83. The molecule has 2 N–H and O–H groups in total. The molecule has 1 saturated carbocycles. The summed E-state index contributed by atoms with van der Waals surface area (Å²) in [5, 5.41) is 0. The standard InChI is InChI=1S/C12H18N2/c1-14(2)12(9-6-7-9)10-4-3-5-11(13)8-10/h3-5,8-9,12H,6-7,13H2,1-2H3. The predicted octanol–water partition coefficient (Wildman–Crippen LogP) is 2.28. The molecule has 1 fully saturated rings. The molecule has 1 aliphatic rings. The average Bonchev–Trinajstić information content (AvgIpc) is 2.88. The average molecular weight is 190 g/mol. The van der Waals surface area contributed by atoms with E-state index in [4.69, 9.17) is 5.73 Å². The van der Waals surface area contributed by atoms with E-state index in [2.05, 4.69) is 31.1 Å². The summed E-state index contributed by atoms with van der Waals surface area (Å²) >= 11 is 0. The number of nitrogens with zero attached hydrogens (tertiary/aromatic N) is 1. The zero-order valence-electron chi connectivity index (χ0n) is 8.90. The summed E-state index contributed by atoms with van der Waals surface area (Å²) < 4.78 is 0. The second-order valence-electron chi connectivity index (χ2n) is 4.42. The van der Waals surface area contributed by atoms with Gasteiger partial charge in [0, 0.05) is 11.7 Å². The molecule has 2 rings (SSSR count). The van der Waals surface area contributed by atoms with E-state index in [9.17, 15) is 0 Å². The molecule has 1 unspecified atom stereocenters. The van der Waals surface area contributed by atoms with Crippen LogP contribution < -0.4 is 5.73 Å². The van der Waals surface area contributed by atoms with E-state index in [1.54, 1.807) is 0 Å². The molecule has 2 heteroatoms. The van der Waals surface area contributed by atoms with Gasteiger partial charge in [-0.15, -0.1) is 0 Å². The third-order valence-corrected chi connectivity index (χ3v) is 2.88. The molecular weight excluding hydrogens is 172 g/mol. The summed E-state index contributed by atoms with van der Waals surface area (Å²) in [5.41, 5.74) is 8.03. The van der Waals surface area contributed by atoms with Crippen LogP contribution in [0.3, 0.4) is 0 Å². The maximum Gasteiger partial charge on any atom is 0.0370 e. The first kappa shape index (κ1) is 9.53. The van der Waals surface area contributed by atoms with E-state index in [1.807, 2.05) is 12.1 Å². The van der Waals surface area contributed by atoms with Crippen molar-refractivity contribution in [3.05, 3.63) is 29.8 Å². The Morgan fingerprint density at radius 1 is 1.36 bits per heavy atom. The molecule has 1 aliphatic carbocycles. The van der Waals surface area contributed by atoms with Crippen molar-refractivity contribution in [3.8, 4) is 0 Å². The van der Waals surface area contributed by atoms with Crippen molar-refractivity contribution in [1.82, 2.24) is 4.90 Å². The van der Waals surface area contributed by atoms with E-state index in [1.165, 1.54) is 18.4 Å². The molecule has 0 aliphatic heterocycles. The van der Waals surface area contributed by atoms with Gasteiger partial charge in [0.2, 0.25) is 0 Å². The molecule has 0 saturated heterocycles. The number of nitrogens with two attached hydrogens (primary N) is 1. The van der Waals surface area contributed by atoms with Gasteiger partial charge in [-0.25, -0.2) is 0 Å². The Balaban J connectivity index is 2.25. The fraction of sp³-hybridized carbons (Fsp3) is 0.500. The summed E-state index contributed by atoms with van der Waals surface area (Å²) in [4.78, 5) is 2.30. The molecule has 0 bridgehead atoms. The Hall–Kier alpha value is -1.02. The van der Waals surface area contributed by atoms with Gasteiger partial charge in [0.15, 0.2) is 0 Å². The summed E-state index contributed by atoms with van der Waals surface area (Å²) in [7, 11) is 4.29. The minimum atomic E-state index is 0.554. The van der Waals surface area contributed by atoms with Crippen LogP contribution in [0.25, 0.3) is 0 Å². The molecule has 76 valence electrons. The van der Waals surface area contributed by atoms with E-state index in [-0.39, 0.29) is 0 Å². The highest BCUT2D eigenvalue weighted by Gasteiger charge is 2.33. The quantitative estimate of drug-likeness (QED) is 0.741. The Labute approximate surface area is 85.7 Å². The van der Waals surface area contributed by atoms with E-state index < -0.39 is 0 Å². The van der Waals surface area contributed by atoms with Gasteiger partial charge in [-0.3, -0.25) is 0 Å². The van der Waals surface area contributed by atoms with Crippen LogP contribution >= 0.6 is 0 Å².